The fourth-order valence-electron chi connectivity index (χ4n) is 0. The number of rotatable bonds is 0. The lowest BCUT2D eigenvalue weighted by Crippen LogP contribution is -2.13. The van der Waals surface area contributed by atoms with Crippen molar-refractivity contribution in [2.24, 2.45) is 10.3 Å². The van der Waals surface area contributed by atoms with Gasteiger partial charge in [-0.2, -0.15) is 0 Å². The van der Waals surface area contributed by atoms with Crippen LogP contribution in [0.4, 0.5) is 0 Å². The van der Waals surface area contributed by atoms with Crippen LogP contribution >= 0.6 is 17.9 Å². The van der Waals surface area contributed by atoms with Crippen LogP contribution in [0.1, 0.15) is 0 Å². The molecule has 0 aliphatic carbocycles. The van der Waals surface area contributed by atoms with Crippen molar-refractivity contribution in [2.45, 2.75) is 0 Å². The van der Waals surface area contributed by atoms with Crippen molar-refractivity contribution >= 4 is 28.4 Å². The van der Waals surface area contributed by atoms with Gasteiger partial charge in [-0.1, -0.05) is 12.2 Å². The zero-order valence-corrected chi connectivity index (χ0v) is 5.96. The molecule has 0 aromatic rings. The van der Waals surface area contributed by atoms with E-state index in [0.717, 1.165) is 0 Å². The lowest BCUT2D eigenvalue weighted by Gasteiger charge is -2.03. The summed E-state index contributed by atoms with van der Waals surface area (Å²) in [5, 5.41) is 9.70. The van der Waals surface area contributed by atoms with Gasteiger partial charge in [0.1, 0.15) is 0 Å². The molecule has 0 aliphatic rings. The molecule has 0 heterocycles. The smallest absolute Gasteiger partial charge is 0.225 e. The van der Waals surface area contributed by atoms with Crippen LogP contribution in [0, 0.1) is 0 Å². The Morgan fingerprint density at radius 3 is 1.57 bits per heavy atom. The molecule has 7 heteroatoms. The SMILES string of the molecule is NS(N)=P(O)(O)S. The molecule has 46 valence electrons. The van der Waals surface area contributed by atoms with Gasteiger partial charge in [-0.3, -0.25) is 10.3 Å². The van der Waals surface area contributed by atoms with Crippen molar-refractivity contribution in [2.75, 3.05) is 0 Å². The van der Waals surface area contributed by atoms with Gasteiger partial charge in [0.25, 0.3) is 0 Å². The van der Waals surface area contributed by atoms with Gasteiger partial charge in [0, 0.05) is 0 Å². The average molecular weight is 162 g/mol. The van der Waals surface area contributed by atoms with E-state index < -0.39 is 16.1 Å². The zero-order chi connectivity index (χ0) is 6.08. The monoisotopic (exact) mass is 162 g/mol. The third kappa shape index (κ3) is 3.54. The van der Waals surface area contributed by atoms with Crippen LogP contribution in [0.3, 0.4) is 0 Å². The molecule has 0 bridgehead atoms. The first-order chi connectivity index (χ1) is 2.94. The average Bonchev–Trinajstić information content (AvgIpc) is 1.31. The Morgan fingerprint density at radius 1 is 1.43 bits per heavy atom. The zero-order valence-electron chi connectivity index (χ0n) is 3.35. The van der Waals surface area contributed by atoms with E-state index in [1.165, 1.54) is 0 Å². The van der Waals surface area contributed by atoms with Gasteiger partial charge in [-0.05, 0) is 10.4 Å². The highest BCUT2D eigenvalue weighted by Crippen LogP contribution is 2.43. The summed E-state index contributed by atoms with van der Waals surface area (Å²) in [4.78, 5) is 16.8. The molecule has 0 atom stereocenters. The summed E-state index contributed by atoms with van der Waals surface area (Å²) in [5.41, 5.74) is -3.21. The van der Waals surface area contributed by atoms with Gasteiger partial charge in [0.05, 0.1) is 0 Å². The van der Waals surface area contributed by atoms with Gasteiger partial charge in [0.15, 0.2) is 0 Å². The molecule has 0 spiro atoms. The second-order valence-electron chi connectivity index (χ2n) is 0.860. The highest BCUT2D eigenvalue weighted by Gasteiger charge is 2.00. The summed E-state index contributed by atoms with van der Waals surface area (Å²) in [5.74, 6) is 0. The Kier molecular flexibility index (Phi) is 2.85. The van der Waals surface area contributed by atoms with E-state index >= 15 is 0 Å². The summed E-state index contributed by atoms with van der Waals surface area (Å²) in [6.07, 6.45) is 0. The fraction of sp³-hybridized carbons (Fsp3) is 0. The van der Waals surface area contributed by atoms with Gasteiger partial charge < -0.3 is 9.79 Å². The maximum absolute atomic E-state index is 8.39. The van der Waals surface area contributed by atoms with Crippen LogP contribution in [-0.4, -0.2) is 9.79 Å². The van der Waals surface area contributed by atoms with Crippen molar-refractivity contribution < 1.29 is 9.79 Å². The van der Waals surface area contributed by atoms with Crippen LogP contribution in [0.5, 0.6) is 0 Å². The number of hydrogen-bond donors (Lipinski definition) is 5. The molecule has 0 aromatic carbocycles. The summed E-state index contributed by atoms with van der Waals surface area (Å²) in [6, 6.07) is 0. The molecule has 0 saturated carbocycles. The summed E-state index contributed by atoms with van der Waals surface area (Å²) in [6.45, 7) is 0. The molecule has 0 aromatic heterocycles. The van der Waals surface area contributed by atoms with E-state index in [2.05, 4.69) is 12.2 Å². The molecule has 0 unspecified atom stereocenters. The second kappa shape index (κ2) is 2.50. The molecular formula is H7N2O2PS2. The lowest BCUT2D eigenvalue weighted by atomic mass is 13.9. The van der Waals surface area contributed by atoms with Crippen molar-refractivity contribution in [3.05, 3.63) is 0 Å². The van der Waals surface area contributed by atoms with E-state index in [1.807, 2.05) is 0 Å². The highest BCUT2D eigenvalue weighted by atomic mass is 32.9. The summed E-state index contributed by atoms with van der Waals surface area (Å²) >= 11 is 3.33. The predicted octanol–water partition coefficient (Wildman–Crippen LogP) is -1.06. The molecular weight excluding hydrogens is 155 g/mol. The molecule has 0 aliphatic heterocycles. The van der Waals surface area contributed by atoms with E-state index in [0.29, 0.717) is 0 Å². The standard InChI is InChI=1S/H7N2O2PS2/c1-7(2)5(3,4)6/h3-4,6H,1-2H2. The van der Waals surface area contributed by atoms with E-state index in [1.54, 1.807) is 0 Å². The van der Waals surface area contributed by atoms with Crippen molar-refractivity contribution in [3.8, 4) is 0 Å². The minimum atomic E-state index is -3.21. The third-order valence-corrected chi connectivity index (χ3v) is 4.24. The summed E-state index contributed by atoms with van der Waals surface area (Å²) < 4.78 is 0. The van der Waals surface area contributed by atoms with Crippen molar-refractivity contribution in [1.82, 2.24) is 0 Å². The molecule has 0 fully saturated rings. The van der Waals surface area contributed by atoms with Crippen LogP contribution in [0.25, 0.3) is 0 Å². The Morgan fingerprint density at radius 2 is 1.57 bits per heavy atom. The quantitative estimate of drug-likeness (QED) is 0.232. The van der Waals surface area contributed by atoms with E-state index in [-0.39, 0.29) is 0 Å². The summed E-state index contributed by atoms with van der Waals surface area (Å²) in [7, 11) is -1.35. The van der Waals surface area contributed by atoms with E-state index in [4.69, 9.17) is 20.1 Å². The molecule has 0 rings (SSSR count). The van der Waals surface area contributed by atoms with E-state index in [9.17, 15) is 0 Å². The minimum Gasteiger partial charge on any atom is -0.340 e. The lowest BCUT2D eigenvalue weighted by molar-refractivity contribution is 0.502. The van der Waals surface area contributed by atoms with Crippen LogP contribution in [0.15, 0.2) is 0 Å². The first-order valence-electron chi connectivity index (χ1n) is 1.25. The Labute approximate surface area is 49.0 Å². The largest absolute Gasteiger partial charge is 0.340 e. The highest BCUT2D eigenvalue weighted by molar-refractivity contribution is 8.65. The van der Waals surface area contributed by atoms with Gasteiger partial charge in [-0.25, -0.2) is 0 Å². The third-order valence-electron chi connectivity index (χ3n) is 0.283. The topological polar surface area (TPSA) is 92.5 Å². The molecule has 0 radical (unpaired) electrons. The fourth-order valence-corrected chi connectivity index (χ4v) is 0. The Bertz CT molecular complexity index is 103. The normalized spacial score (nSPS) is 12.9. The van der Waals surface area contributed by atoms with Crippen LogP contribution in [0.2, 0.25) is 0 Å². The molecule has 0 amide bonds. The first-order valence-corrected chi connectivity index (χ1v) is 6.06. The predicted molar refractivity (Wildman–Crippen MR) is 36.1 cm³/mol. The van der Waals surface area contributed by atoms with Gasteiger partial charge in [0.2, 0.25) is 5.69 Å². The maximum Gasteiger partial charge on any atom is 0.225 e. The minimum absolute atomic E-state index is 1.35. The van der Waals surface area contributed by atoms with Crippen LogP contribution in [-0.2, 0) is 10.4 Å². The van der Waals surface area contributed by atoms with Crippen LogP contribution < -0.4 is 10.3 Å². The Hall–Kier alpha value is 0.970. The second-order valence-corrected chi connectivity index (χ2v) is 7.86. The molecule has 0 saturated heterocycles. The van der Waals surface area contributed by atoms with Crippen molar-refractivity contribution in [1.29, 1.82) is 0 Å². The number of hydrogen-bond acceptors (Lipinski definition) is 0. The molecule has 6 N–H and O–H groups in total. The Balaban J connectivity index is 4.28. The van der Waals surface area contributed by atoms with Gasteiger partial charge in [-0.15, -0.1) is 0 Å². The van der Waals surface area contributed by atoms with Gasteiger partial charge >= 0.3 is 0 Å². The molecule has 4 nitrogen and oxygen atoms in total. The van der Waals surface area contributed by atoms with Crippen molar-refractivity contribution in [3.63, 3.8) is 0 Å². The maximum atomic E-state index is 8.39. The number of thiol groups is 1. The first kappa shape index (κ1) is 7.97. The number of nitrogens with two attached hydrogens (primary N) is 2. The molecule has 7 heavy (non-hydrogen) atoms.